The minimum Gasteiger partial charge on any atom is -0.320 e. The Kier molecular flexibility index (Phi) is 6.09. The van der Waals surface area contributed by atoms with Crippen LogP contribution in [0.4, 0.5) is 0 Å². The van der Waals surface area contributed by atoms with Crippen molar-refractivity contribution in [1.29, 1.82) is 0 Å². The first-order valence-corrected chi connectivity index (χ1v) is 7.25. The fraction of sp³-hybridized carbons (Fsp3) is 0.778. The summed E-state index contributed by atoms with van der Waals surface area (Å²) in [6.45, 7) is 1.19. The minimum absolute atomic E-state index is 0.172. The van der Waals surface area contributed by atoms with E-state index in [-0.39, 0.29) is 5.75 Å². The summed E-state index contributed by atoms with van der Waals surface area (Å²) in [6, 6.07) is 0. The van der Waals surface area contributed by atoms with Gasteiger partial charge in [-0.15, -0.1) is 0 Å². The Hall–Kier alpha value is -0.990. The van der Waals surface area contributed by atoms with Crippen molar-refractivity contribution in [2.24, 2.45) is 0 Å². The Morgan fingerprint density at radius 1 is 1.35 bits per heavy atom. The average molecular weight is 261 g/mol. The largest absolute Gasteiger partial charge is 0.320 e. The second kappa shape index (κ2) is 7.36. The summed E-state index contributed by atoms with van der Waals surface area (Å²) in [5.74, 6) is 0.855. The Labute approximate surface area is 101 Å². The van der Waals surface area contributed by atoms with Gasteiger partial charge in [-0.05, 0) is 26.4 Å². The molecule has 1 heterocycles. The number of unbranched alkanes of at least 4 members (excludes halogenated alkanes) is 1. The van der Waals surface area contributed by atoms with Crippen molar-refractivity contribution in [2.45, 2.75) is 19.3 Å². The normalized spacial score (nSPS) is 11.8. The van der Waals surface area contributed by atoms with Crippen LogP contribution in [0.25, 0.3) is 0 Å². The summed E-state index contributed by atoms with van der Waals surface area (Å²) in [4.78, 5) is 3.91. The molecule has 1 aromatic heterocycles. The van der Waals surface area contributed by atoms with Gasteiger partial charge < -0.3 is 5.32 Å². The Morgan fingerprint density at radius 2 is 2.18 bits per heavy atom. The predicted octanol–water partition coefficient (Wildman–Crippen LogP) is -0.734. The Bertz CT molecular complexity index is 390. The average Bonchev–Trinajstić information content (AvgIpc) is 2.77. The first-order valence-electron chi connectivity index (χ1n) is 5.60. The predicted molar refractivity (Wildman–Crippen MR) is 65.0 cm³/mol. The van der Waals surface area contributed by atoms with E-state index < -0.39 is 10.0 Å². The lowest BCUT2D eigenvalue weighted by molar-refractivity contribution is 0.575. The smallest absolute Gasteiger partial charge is 0.211 e. The number of aromatic amines is 1. The van der Waals surface area contributed by atoms with E-state index in [0.717, 1.165) is 13.0 Å². The van der Waals surface area contributed by atoms with Gasteiger partial charge in [-0.25, -0.2) is 18.1 Å². The first-order chi connectivity index (χ1) is 8.14. The van der Waals surface area contributed by atoms with Gasteiger partial charge in [0.1, 0.15) is 12.2 Å². The molecule has 0 amide bonds. The maximum Gasteiger partial charge on any atom is 0.211 e. The highest BCUT2D eigenvalue weighted by molar-refractivity contribution is 7.89. The molecule has 98 valence electrons. The molecule has 0 aliphatic rings. The molecule has 0 aliphatic heterocycles. The van der Waals surface area contributed by atoms with Crippen LogP contribution in [0, 0.1) is 0 Å². The quantitative estimate of drug-likeness (QED) is 0.509. The van der Waals surface area contributed by atoms with Crippen LogP contribution in [0.2, 0.25) is 0 Å². The van der Waals surface area contributed by atoms with Gasteiger partial charge in [0, 0.05) is 13.0 Å². The number of H-pyrrole nitrogens is 1. The molecule has 1 aromatic rings. The molecular formula is C9H19N5O2S. The highest BCUT2D eigenvalue weighted by Crippen LogP contribution is 1.94. The van der Waals surface area contributed by atoms with Crippen LogP contribution in [0.1, 0.15) is 18.7 Å². The molecule has 0 spiro atoms. The summed E-state index contributed by atoms with van der Waals surface area (Å²) < 4.78 is 25.6. The van der Waals surface area contributed by atoms with Crippen molar-refractivity contribution in [1.82, 2.24) is 25.2 Å². The fourth-order valence-electron chi connectivity index (χ4n) is 1.34. The Morgan fingerprint density at radius 3 is 2.82 bits per heavy atom. The van der Waals surface area contributed by atoms with Crippen LogP contribution < -0.4 is 10.0 Å². The number of hydrogen-bond acceptors (Lipinski definition) is 5. The maximum absolute atomic E-state index is 11.5. The molecule has 0 aliphatic carbocycles. The number of hydrogen-bond donors (Lipinski definition) is 3. The third-order valence-electron chi connectivity index (χ3n) is 2.24. The molecule has 0 saturated carbocycles. The summed E-state index contributed by atoms with van der Waals surface area (Å²) in [5.41, 5.74) is 0. The van der Waals surface area contributed by atoms with Crippen LogP contribution in [-0.4, -0.2) is 49.5 Å². The number of rotatable bonds is 9. The topological polar surface area (TPSA) is 99.8 Å². The molecule has 0 atom stereocenters. The number of sulfonamides is 1. The van der Waals surface area contributed by atoms with Gasteiger partial charge >= 0.3 is 0 Å². The van der Waals surface area contributed by atoms with Crippen molar-refractivity contribution in [3.63, 3.8) is 0 Å². The number of aromatic nitrogens is 3. The van der Waals surface area contributed by atoms with E-state index in [1.54, 1.807) is 0 Å². The first kappa shape index (κ1) is 14.1. The molecule has 8 heteroatoms. The van der Waals surface area contributed by atoms with Crippen molar-refractivity contribution >= 4 is 10.0 Å². The third-order valence-corrected chi connectivity index (χ3v) is 3.71. The van der Waals surface area contributed by atoms with Gasteiger partial charge in [-0.1, -0.05) is 0 Å². The molecule has 0 aromatic carbocycles. The zero-order valence-corrected chi connectivity index (χ0v) is 10.8. The molecule has 0 fully saturated rings. The summed E-state index contributed by atoms with van der Waals surface area (Å²) in [7, 11) is -1.30. The highest BCUT2D eigenvalue weighted by Gasteiger charge is 2.09. The second-order valence-corrected chi connectivity index (χ2v) is 5.63. The van der Waals surface area contributed by atoms with Crippen LogP contribution in [0.3, 0.4) is 0 Å². The second-order valence-electron chi connectivity index (χ2n) is 3.71. The van der Waals surface area contributed by atoms with Crippen LogP contribution >= 0.6 is 0 Å². The van der Waals surface area contributed by atoms with Gasteiger partial charge in [0.25, 0.3) is 0 Å². The van der Waals surface area contributed by atoms with Gasteiger partial charge in [0.05, 0.1) is 5.75 Å². The highest BCUT2D eigenvalue weighted by atomic mass is 32.2. The van der Waals surface area contributed by atoms with E-state index >= 15 is 0 Å². The number of nitrogens with zero attached hydrogens (tertiary/aromatic N) is 2. The monoisotopic (exact) mass is 261 g/mol. The number of nitrogens with one attached hydrogen (secondary N) is 3. The summed E-state index contributed by atoms with van der Waals surface area (Å²) in [5, 5.41) is 9.35. The molecule has 7 nitrogen and oxygen atoms in total. The lowest BCUT2D eigenvalue weighted by atomic mass is 10.3. The van der Waals surface area contributed by atoms with E-state index in [4.69, 9.17) is 0 Å². The molecule has 17 heavy (non-hydrogen) atoms. The molecule has 0 saturated heterocycles. The summed E-state index contributed by atoms with van der Waals surface area (Å²) in [6.07, 6.45) is 3.45. The third kappa shape index (κ3) is 6.35. The van der Waals surface area contributed by atoms with E-state index in [0.29, 0.717) is 25.2 Å². The van der Waals surface area contributed by atoms with Crippen molar-refractivity contribution in [3.05, 3.63) is 12.2 Å². The van der Waals surface area contributed by atoms with E-state index in [1.807, 2.05) is 7.05 Å². The van der Waals surface area contributed by atoms with Gasteiger partial charge in [-0.2, -0.15) is 5.10 Å². The molecule has 1 rings (SSSR count). The van der Waals surface area contributed by atoms with Crippen LogP contribution in [0.5, 0.6) is 0 Å². The zero-order valence-electron chi connectivity index (χ0n) is 9.94. The van der Waals surface area contributed by atoms with Crippen LogP contribution in [0.15, 0.2) is 6.33 Å². The molecule has 0 radical (unpaired) electrons. The standard InChI is InChI=1S/C9H19N5O2S/c1-10-5-2-3-7-17(15,16)13-6-4-9-11-8-12-14-9/h8,10,13H,2-7H2,1H3,(H,11,12,14). The van der Waals surface area contributed by atoms with Crippen molar-refractivity contribution in [2.75, 3.05) is 25.9 Å². The van der Waals surface area contributed by atoms with Crippen molar-refractivity contribution in [3.8, 4) is 0 Å². The Balaban J connectivity index is 2.16. The zero-order chi connectivity index (χ0) is 12.6. The van der Waals surface area contributed by atoms with E-state index in [9.17, 15) is 8.42 Å². The molecule has 0 bridgehead atoms. The lowest BCUT2D eigenvalue weighted by Gasteiger charge is -2.05. The van der Waals surface area contributed by atoms with Gasteiger partial charge in [0.15, 0.2) is 0 Å². The fourth-order valence-corrected chi connectivity index (χ4v) is 2.48. The van der Waals surface area contributed by atoms with Crippen molar-refractivity contribution < 1.29 is 8.42 Å². The van der Waals surface area contributed by atoms with Gasteiger partial charge in [-0.3, -0.25) is 5.10 Å². The van der Waals surface area contributed by atoms with Gasteiger partial charge in [0.2, 0.25) is 10.0 Å². The minimum atomic E-state index is -3.16. The SMILES string of the molecule is CNCCCCS(=O)(=O)NCCc1ncn[nH]1. The maximum atomic E-state index is 11.5. The van der Waals surface area contributed by atoms with E-state index in [2.05, 4.69) is 25.2 Å². The molecule has 3 N–H and O–H groups in total. The van der Waals surface area contributed by atoms with E-state index in [1.165, 1.54) is 6.33 Å². The molecular weight excluding hydrogens is 242 g/mol. The van der Waals surface area contributed by atoms with Crippen LogP contribution in [-0.2, 0) is 16.4 Å². The summed E-state index contributed by atoms with van der Waals surface area (Å²) >= 11 is 0. The molecule has 0 unspecified atom stereocenters. The lowest BCUT2D eigenvalue weighted by Crippen LogP contribution is -2.28.